The predicted octanol–water partition coefficient (Wildman–Crippen LogP) is 1.98. The Bertz CT molecular complexity index is 134. The van der Waals surface area contributed by atoms with Gasteiger partial charge in [0.15, 0.2) is 0 Å². The Hall–Kier alpha value is -0.540. The zero-order valence-electron chi connectivity index (χ0n) is 4.63. The molecule has 1 fully saturated rings. The number of rotatable bonds is 1. The lowest BCUT2D eigenvalue weighted by molar-refractivity contribution is -0.0619. The van der Waals surface area contributed by atoms with Crippen LogP contribution < -0.4 is 0 Å². The van der Waals surface area contributed by atoms with Crippen LogP contribution in [0.4, 0.5) is 13.2 Å². The molecule has 0 amide bonds. The van der Waals surface area contributed by atoms with Crippen molar-refractivity contribution >= 4 is 5.71 Å². The first-order valence-corrected chi connectivity index (χ1v) is 2.67. The Labute approximate surface area is 50.4 Å². The van der Waals surface area contributed by atoms with E-state index in [1.807, 2.05) is 0 Å². The molecule has 52 valence electrons. The Morgan fingerprint density at radius 1 is 1.33 bits per heavy atom. The molecule has 0 spiro atoms. The Kier molecular flexibility index (Phi) is 1.26. The van der Waals surface area contributed by atoms with Gasteiger partial charge in [0.25, 0.3) is 0 Å². The van der Waals surface area contributed by atoms with Crippen molar-refractivity contribution in [3.63, 3.8) is 0 Å². The molecular weight excluding hydrogens is 131 g/mol. The molecule has 1 aliphatic carbocycles. The van der Waals surface area contributed by atoms with Gasteiger partial charge in [-0.25, -0.2) is 0 Å². The molecule has 0 saturated heterocycles. The molecule has 1 rings (SSSR count). The van der Waals surface area contributed by atoms with Crippen LogP contribution in [0, 0.1) is 11.3 Å². The van der Waals surface area contributed by atoms with Crippen LogP contribution in [0.2, 0.25) is 0 Å². The molecule has 1 nitrogen and oxygen atoms in total. The average Bonchev–Trinajstić information content (AvgIpc) is 2.40. The van der Waals surface area contributed by atoms with E-state index in [1.54, 1.807) is 0 Å². The molecule has 1 aliphatic rings. The summed E-state index contributed by atoms with van der Waals surface area (Å²) in [6.45, 7) is 0. The van der Waals surface area contributed by atoms with Crippen molar-refractivity contribution in [1.82, 2.24) is 0 Å². The standard InChI is InChI=1S/C5H6F3N/c6-5(7,8)4(9)3-1-2-3/h3,9H,1-2H2. The van der Waals surface area contributed by atoms with E-state index in [0.717, 1.165) is 0 Å². The summed E-state index contributed by atoms with van der Waals surface area (Å²) in [6.07, 6.45) is -3.29. The van der Waals surface area contributed by atoms with E-state index in [4.69, 9.17) is 5.41 Å². The first-order valence-electron chi connectivity index (χ1n) is 2.67. The van der Waals surface area contributed by atoms with E-state index in [2.05, 4.69) is 0 Å². The third-order valence-corrected chi connectivity index (χ3v) is 1.29. The fourth-order valence-electron chi connectivity index (χ4n) is 0.603. The first kappa shape index (κ1) is 6.58. The van der Waals surface area contributed by atoms with Crippen LogP contribution in [0.25, 0.3) is 0 Å². The maximum atomic E-state index is 11.5. The molecule has 0 bridgehead atoms. The molecule has 0 atom stereocenters. The molecular formula is C5H6F3N. The largest absolute Gasteiger partial charge is 0.429 e. The number of halogens is 3. The summed E-state index contributed by atoms with van der Waals surface area (Å²) in [5.41, 5.74) is -1.05. The van der Waals surface area contributed by atoms with Gasteiger partial charge in [-0.3, -0.25) is 0 Å². The maximum absolute atomic E-state index is 11.5. The molecule has 9 heavy (non-hydrogen) atoms. The van der Waals surface area contributed by atoms with Gasteiger partial charge in [-0.2, -0.15) is 13.2 Å². The molecule has 0 radical (unpaired) electrons. The van der Waals surface area contributed by atoms with Crippen molar-refractivity contribution in [2.75, 3.05) is 0 Å². The third kappa shape index (κ3) is 1.43. The van der Waals surface area contributed by atoms with Crippen molar-refractivity contribution in [3.05, 3.63) is 0 Å². The predicted molar refractivity (Wildman–Crippen MR) is 26.5 cm³/mol. The zero-order valence-corrected chi connectivity index (χ0v) is 4.63. The van der Waals surface area contributed by atoms with Crippen LogP contribution in [0.3, 0.4) is 0 Å². The summed E-state index contributed by atoms with van der Waals surface area (Å²) >= 11 is 0. The van der Waals surface area contributed by atoms with E-state index in [-0.39, 0.29) is 0 Å². The highest BCUT2D eigenvalue weighted by Crippen LogP contribution is 2.36. The lowest BCUT2D eigenvalue weighted by Crippen LogP contribution is -2.23. The Balaban J connectivity index is 2.50. The van der Waals surface area contributed by atoms with Crippen LogP contribution >= 0.6 is 0 Å². The second kappa shape index (κ2) is 1.72. The normalized spacial score (nSPS) is 19.9. The fraction of sp³-hybridized carbons (Fsp3) is 0.800. The number of hydrogen-bond donors (Lipinski definition) is 1. The quantitative estimate of drug-likeness (QED) is 0.534. The second-order valence-electron chi connectivity index (χ2n) is 2.19. The van der Waals surface area contributed by atoms with Gasteiger partial charge in [-0.05, 0) is 12.8 Å². The van der Waals surface area contributed by atoms with Crippen molar-refractivity contribution in [3.8, 4) is 0 Å². The second-order valence-corrected chi connectivity index (χ2v) is 2.19. The summed E-state index contributed by atoms with van der Waals surface area (Å²) in [5, 5.41) is 6.53. The fourth-order valence-corrected chi connectivity index (χ4v) is 0.603. The Morgan fingerprint density at radius 3 is 1.89 bits per heavy atom. The number of hydrogen-bond acceptors (Lipinski definition) is 1. The summed E-state index contributed by atoms with van der Waals surface area (Å²) in [5.74, 6) is -0.481. The molecule has 0 aromatic rings. The highest BCUT2D eigenvalue weighted by Gasteiger charge is 2.43. The van der Waals surface area contributed by atoms with Crippen molar-refractivity contribution in [2.24, 2.45) is 5.92 Å². The lowest BCUT2D eigenvalue weighted by atomic mass is 10.2. The Morgan fingerprint density at radius 2 is 1.78 bits per heavy atom. The van der Waals surface area contributed by atoms with Crippen molar-refractivity contribution < 1.29 is 13.2 Å². The third-order valence-electron chi connectivity index (χ3n) is 1.29. The van der Waals surface area contributed by atoms with Gasteiger partial charge >= 0.3 is 6.18 Å². The van der Waals surface area contributed by atoms with Gasteiger partial charge in [0.1, 0.15) is 5.71 Å². The van der Waals surface area contributed by atoms with Gasteiger partial charge in [0.2, 0.25) is 0 Å². The molecule has 0 aromatic heterocycles. The van der Waals surface area contributed by atoms with E-state index >= 15 is 0 Å². The van der Waals surface area contributed by atoms with E-state index in [1.165, 1.54) is 0 Å². The van der Waals surface area contributed by atoms with Crippen LogP contribution in [0.15, 0.2) is 0 Å². The van der Waals surface area contributed by atoms with Crippen LogP contribution in [-0.4, -0.2) is 11.9 Å². The van der Waals surface area contributed by atoms with Gasteiger partial charge in [-0.1, -0.05) is 0 Å². The van der Waals surface area contributed by atoms with Crippen molar-refractivity contribution in [1.29, 1.82) is 5.41 Å². The number of alkyl halides is 3. The monoisotopic (exact) mass is 137 g/mol. The summed E-state index contributed by atoms with van der Waals surface area (Å²) in [4.78, 5) is 0. The van der Waals surface area contributed by atoms with E-state index in [9.17, 15) is 13.2 Å². The summed E-state index contributed by atoms with van der Waals surface area (Å²) in [6, 6.07) is 0. The highest BCUT2D eigenvalue weighted by atomic mass is 19.4. The zero-order chi connectivity index (χ0) is 7.07. The minimum atomic E-state index is -4.37. The highest BCUT2D eigenvalue weighted by molar-refractivity contribution is 5.90. The van der Waals surface area contributed by atoms with Gasteiger partial charge < -0.3 is 5.41 Å². The lowest BCUT2D eigenvalue weighted by Gasteiger charge is -2.04. The van der Waals surface area contributed by atoms with Crippen LogP contribution in [0.1, 0.15) is 12.8 Å². The molecule has 4 heteroatoms. The topological polar surface area (TPSA) is 23.9 Å². The minimum Gasteiger partial charge on any atom is -0.300 e. The molecule has 0 aromatic carbocycles. The molecule has 1 saturated carbocycles. The van der Waals surface area contributed by atoms with Crippen LogP contribution in [-0.2, 0) is 0 Å². The van der Waals surface area contributed by atoms with E-state index < -0.39 is 17.8 Å². The molecule has 1 N–H and O–H groups in total. The van der Waals surface area contributed by atoms with E-state index in [0.29, 0.717) is 12.8 Å². The smallest absolute Gasteiger partial charge is 0.300 e. The van der Waals surface area contributed by atoms with Crippen molar-refractivity contribution in [2.45, 2.75) is 19.0 Å². The maximum Gasteiger partial charge on any atom is 0.429 e. The van der Waals surface area contributed by atoms with Gasteiger partial charge in [0, 0.05) is 5.92 Å². The molecule has 0 unspecified atom stereocenters. The van der Waals surface area contributed by atoms with Gasteiger partial charge in [-0.15, -0.1) is 0 Å². The first-order chi connectivity index (χ1) is 4.02. The summed E-state index contributed by atoms with van der Waals surface area (Å²) < 4.78 is 34.5. The van der Waals surface area contributed by atoms with Gasteiger partial charge in [0.05, 0.1) is 0 Å². The van der Waals surface area contributed by atoms with Crippen LogP contribution in [0.5, 0.6) is 0 Å². The average molecular weight is 137 g/mol. The molecule has 0 aliphatic heterocycles. The number of nitrogens with one attached hydrogen (secondary N) is 1. The molecule has 0 heterocycles. The SMILES string of the molecule is N=C(C1CC1)C(F)(F)F. The minimum absolute atomic E-state index is 0.481. The summed E-state index contributed by atoms with van der Waals surface area (Å²) in [7, 11) is 0.